The highest BCUT2D eigenvalue weighted by molar-refractivity contribution is 6.33. The number of aryl methyl sites for hydroxylation is 4. The molecule has 0 saturated heterocycles. The zero-order valence-electron chi connectivity index (χ0n) is 17.9. The highest BCUT2D eigenvalue weighted by atomic mass is 35.5. The van der Waals surface area contributed by atoms with E-state index in [0.717, 1.165) is 38.9 Å². The second-order valence-electron chi connectivity index (χ2n) is 7.80. The fraction of sp³-hybridized carbons (Fsp3) is 0.200. The van der Waals surface area contributed by atoms with E-state index in [-0.39, 0.29) is 12.5 Å². The van der Waals surface area contributed by atoms with Crippen LogP contribution in [0.1, 0.15) is 22.3 Å². The van der Waals surface area contributed by atoms with Crippen molar-refractivity contribution in [2.45, 2.75) is 27.7 Å². The Kier molecular flexibility index (Phi) is 5.70. The van der Waals surface area contributed by atoms with Crippen LogP contribution in [0.3, 0.4) is 0 Å². The first-order valence-electron chi connectivity index (χ1n) is 9.97. The van der Waals surface area contributed by atoms with Crippen LogP contribution < -0.4 is 10.1 Å². The first-order chi connectivity index (χ1) is 14.8. The van der Waals surface area contributed by atoms with Gasteiger partial charge in [-0.1, -0.05) is 23.7 Å². The summed E-state index contributed by atoms with van der Waals surface area (Å²) in [4.78, 5) is 17.0. The summed E-state index contributed by atoms with van der Waals surface area (Å²) >= 11 is 6.30. The predicted molar refractivity (Wildman–Crippen MR) is 124 cm³/mol. The lowest BCUT2D eigenvalue weighted by Crippen LogP contribution is -2.20. The van der Waals surface area contributed by atoms with Gasteiger partial charge in [0, 0.05) is 5.56 Å². The van der Waals surface area contributed by atoms with E-state index in [9.17, 15) is 4.79 Å². The van der Waals surface area contributed by atoms with Crippen molar-refractivity contribution in [2.24, 2.45) is 0 Å². The lowest BCUT2D eigenvalue weighted by molar-refractivity contribution is -0.118. The number of anilines is 1. The third kappa shape index (κ3) is 4.72. The van der Waals surface area contributed by atoms with Gasteiger partial charge in [-0.15, -0.1) is 0 Å². The second kappa shape index (κ2) is 8.44. The van der Waals surface area contributed by atoms with Gasteiger partial charge >= 0.3 is 0 Å². The Labute approximate surface area is 186 Å². The smallest absolute Gasteiger partial charge is 0.262 e. The molecule has 0 atom stereocenters. The first-order valence-corrected chi connectivity index (χ1v) is 10.3. The molecule has 3 aromatic carbocycles. The quantitative estimate of drug-likeness (QED) is 0.394. The summed E-state index contributed by atoms with van der Waals surface area (Å²) in [6.45, 7) is 7.87. The number of carbonyl (C=O) groups is 1. The molecule has 158 valence electrons. The standard InChI is InChI=1S/C25H23ClN2O3/c1-14-7-15(2)10-19(9-14)30-13-23(29)27-21-12-18(5-6-20(21)26)25-28-22-11-16(3)8-17(4)24(22)31-25/h5-12H,13H2,1-4H3,(H,27,29). The number of benzene rings is 3. The van der Waals surface area contributed by atoms with Crippen LogP contribution in [0.25, 0.3) is 22.6 Å². The number of hydrogen-bond donors (Lipinski definition) is 1. The fourth-order valence-electron chi connectivity index (χ4n) is 3.61. The van der Waals surface area contributed by atoms with Crippen molar-refractivity contribution < 1.29 is 13.9 Å². The van der Waals surface area contributed by atoms with Crippen molar-refractivity contribution in [1.82, 2.24) is 4.98 Å². The molecule has 0 aliphatic heterocycles. The van der Waals surface area contributed by atoms with Crippen molar-refractivity contribution >= 4 is 34.3 Å². The zero-order valence-corrected chi connectivity index (χ0v) is 18.6. The molecule has 4 aromatic rings. The van der Waals surface area contributed by atoms with Crippen molar-refractivity contribution in [3.05, 3.63) is 75.8 Å². The number of carbonyl (C=O) groups excluding carboxylic acids is 1. The molecule has 0 unspecified atom stereocenters. The minimum Gasteiger partial charge on any atom is -0.484 e. The number of nitrogens with one attached hydrogen (secondary N) is 1. The summed E-state index contributed by atoms with van der Waals surface area (Å²) in [7, 11) is 0. The molecule has 1 heterocycles. The Morgan fingerprint density at radius 3 is 2.45 bits per heavy atom. The molecule has 5 nitrogen and oxygen atoms in total. The van der Waals surface area contributed by atoms with Crippen LogP contribution in [0.5, 0.6) is 5.75 Å². The average molecular weight is 435 g/mol. The van der Waals surface area contributed by atoms with Crippen LogP contribution in [0.15, 0.2) is 52.9 Å². The largest absolute Gasteiger partial charge is 0.484 e. The second-order valence-corrected chi connectivity index (χ2v) is 8.21. The Morgan fingerprint density at radius 1 is 1.00 bits per heavy atom. The molecule has 0 aliphatic carbocycles. The SMILES string of the molecule is Cc1cc(C)cc(OCC(=O)Nc2cc(-c3nc4cc(C)cc(C)c4o3)ccc2Cl)c1. The molecule has 0 fully saturated rings. The average Bonchev–Trinajstić information content (AvgIpc) is 3.12. The number of halogens is 1. The van der Waals surface area contributed by atoms with Gasteiger partial charge in [0.1, 0.15) is 11.3 Å². The zero-order chi connectivity index (χ0) is 22.1. The maximum Gasteiger partial charge on any atom is 0.262 e. The maximum absolute atomic E-state index is 12.4. The van der Waals surface area contributed by atoms with Crippen molar-refractivity contribution in [1.29, 1.82) is 0 Å². The molecule has 1 aromatic heterocycles. The van der Waals surface area contributed by atoms with Crippen LogP contribution in [-0.2, 0) is 4.79 Å². The Morgan fingerprint density at radius 2 is 1.71 bits per heavy atom. The van der Waals surface area contributed by atoms with Gasteiger partial charge in [0.15, 0.2) is 12.2 Å². The Hall–Kier alpha value is -3.31. The lowest BCUT2D eigenvalue weighted by atomic mass is 10.1. The van der Waals surface area contributed by atoms with Crippen LogP contribution in [0.2, 0.25) is 5.02 Å². The molecule has 0 spiro atoms. The summed E-state index contributed by atoms with van der Waals surface area (Å²) in [6.07, 6.45) is 0. The number of nitrogens with zero attached hydrogens (tertiary/aromatic N) is 1. The van der Waals surface area contributed by atoms with Gasteiger partial charge in [0.2, 0.25) is 5.89 Å². The van der Waals surface area contributed by atoms with E-state index in [1.165, 1.54) is 0 Å². The molecular weight excluding hydrogens is 412 g/mol. The number of oxazole rings is 1. The number of fused-ring (bicyclic) bond motifs is 1. The molecule has 1 amide bonds. The van der Waals surface area contributed by atoms with E-state index in [0.29, 0.717) is 22.4 Å². The van der Waals surface area contributed by atoms with E-state index in [2.05, 4.69) is 16.4 Å². The number of rotatable bonds is 5. The molecular formula is C25H23ClN2O3. The van der Waals surface area contributed by atoms with Crippen LogP contribution in [0.4, 0.5) is 5.69 Å². The molecule has 6 heteroatoms. The van der Waals surface area contributed by atoms with Gasteiger partial charge in [0.25, 0.3) is 5.91 Å². The minimum atomic E-state index is -0.303. The fourth-order valence-corrected chi connectivity index (χ4v) is 3.77. The summed E-state index contributed by atoms with van der Waals surface area (Å²) in [5.74, 6) is 0.828. The van der Waals surface area contributed by atoms with Gasteiger partial charge in [0.05, 0.1) is 10.7 Å². The Bertz CT molecular complexity index is 1270. The van der Waals surface area contributed by atoms with Crippen LogP contribution in [-0.4, -0.2) is 17.5 Å². The molecule has 0 bridgehead atoms. The summed E-state index contributed by atoms with van der Waals surface area (Å²) < 4.78 is 11.6. The van der Waals surface area contributed by atoms with E-state index in [4.69, 9.17) is 20.8 Å². The molecule has 0 aliphatic rings. The monoisotopic (exact) mass is 434 g/mol. The lowest BCUT2D eigenvalue weighted by Gasteiger charge is -2.10. The predicted octanol–water partition coefficient (Wildman–Crippen LogP) is 6.40. The van der Waals surface area contributed by atoms with E-state index in [1.54, 1.807) is 12.1 Å². The van der Waals surface area contributed by atoms with Crippen LogP contribution >= 0.6 is 11.6 Å². The van der Waals surface area contributed by atoms with Crippen LogP contribution in [0, 0.1) is 27.7 Å². The molecule has 0 radical (unpaired) electrons. The van der Waals surface area contributed by atoms with Gasteiger partial charge in [-0.05, 0) is 86.3 Å². The third-order valence-electron chi connectivity index (χ3n) is 4.87. The third-order valence-corrected chi connectivity index (χ3v) is 5.20. The normalized spacial score (nSPS) is 11.0. The summed E-state index contributed by atoms with van der Waals surface area (Å²) in [6, 6.07) is 15.2. The summed E-state index contributed by atoms with van der Waals surface area (Å²) in [5, 5.41) is 3.23. The van der Waals surface area contributed by atoms with Crippen molar-refractivity contribution in [3.8, 4) is 17.2 Å². The van der Waals surface area contributed by atoms with E-state index in [1.807, 2.05) is 58.0 Å². The van der Waals surface area contributed by atoms with Crippen molar-refractivity contribution in [3.63, 3.8) is 0 Å². The van der Waals surface area contributed by atoms with E-state index < -0.39 is 0 Å². The van der Waals surface area contributed by atoms with Gasteiger partial charge < -0.3 is 14.5 Å². The Balaban J connectivity index is 1.52. The molecule has 0 saturated carbocycles. The van der Waals surface area contributed by atoms with Crippen molar-refractivity contribution in [2.75, 3.05) is 11.9 Å². The number of hydrogen-bond acceptors (Lipinski definition) is 4. The highest BCUT2D eigenvalue weighted by Gasteiger charge is 2.14. The molecule has 4 rings (SSSR count). The number of aromatic nitrogens is 1. The number of ether oxygens (including phenoxy) is 1. The number of amides is 1. The first kappa shape index (κ1) is 20.9. The topological polar surface area (TPSA) is 64.4 Å². The molecule has 31 heavy (non-hydrogen) atoms. The summed E-state index contributed by atoms with van der Waals surface area (Å²) in [5.41, 5.74) is 7.06. The highest BCUT2D eigenvalue weighted by Crippen LogP contribution is 2.31. The molecule has 1 N–H and O–H groups in total. The van der Waals surface area contributed by atoms with Gasteiger partial charge in [-0.2, -0.15) is 0 Å². The minimum absolute atomic E-state index is 0.120. The maximum atomic E-state index is 12.4. The van der Waals surface area contributed by atoms with E-state index >= 15 is 0 Å². The van der Waals surface area contributed by atoms with Gasteiger partial charge in [-0.25, -0.2) is 4.98 Å². The van der Waals surface area contributed by atoms with Gasteiger partial charge in [-0.3, -0.25) is 4.79 Å².